The number of hydrogen-bond donors (Lipinski definition) is 1. The van der Waals surface area contributed by atoms with Gasteiger partial charge in [-0.1, -0.05) is 18.7 Å². The molecule has 1 radical (unpaired) electrons. The molecule has 0 aliphatic heterocycles. The van der Waals surface area contributed by atoms with Gasteiger partial charge in [-0.15, -0.1) is 0 Å². The Bertz CT molecular complexity index is 214. The van der Waals surface area contributed by atoms with E-state index in [0.717, 1.165) is 10.9 Å². The summed E-state index contributed by atoms with van der Waals surface area (Å²) in [6, 6.07) is 2.67. The first-order chi connectivity index (χ1) is 4.83. The highest BCUT2D eigenvalue weighted by Crippen LogP contribution is 2.11. The Kier molecular flexibility index (Phi) is 2.50. The van der Waals surface area contributed by atoms with E-state index in [1.54, 1.807) is 18.0 Å². The minimum Gasteiger partial charge on any atom is -0.383 e. The maximum absolute atomic E-state index is 5.37. The second kappa shape index (κ2) is 3.41. The molecule has 0 fully saturated rings. The highest BCUT2D eigenvalue weighted by Gasteiger charge is 1.93. The Morgan fingerprint density at radius 2 is 2.60 bits per heavy atom. The van der Waals surface area contributed by atoms with Crippen LogP contribution in [0, 0.1) is 6.07 Å². The van der Waals surface area contributed by atoms with Crippen molar-refractivity contribution in [3.8, 4) is 0 Å². The molecule has 1 rings (SSSR count). The molecular formula is C6H8N3S. The van der Waals surface area contributed by atoms with Crippen LogP contribution in [0.4, 0.5) is 5.82 Å². The van der Waals surface area contributed by atoms with E-state index in [0.29, 0.717) is 5.82 Å². The molecule has 0 spiro atoms. The Balaban J connectivity index is 2.75. The number of nitrogen functional groups attached to an aromatic ring is 1. The van der Waals surface area contributed by atoms with Gasteiger partial charge in [0.1, 0.15) is 5.82 Å². The van der Waals surface area contributed by atoms with Crippen molar-refractivity contribution in [1.82, 2.24) is 9.97 Å². The molecule has 0 saturated heterocycles. The van der Waals surface area contributed by atoms with Gasteiger partial charge in [0.05, 0.1) is 0 Å². The number of rotatable bonds is 2. The van der Waals surface area contributed by atoms with Gasteiger partial charge in [-0.25, -0.2) is 9.97 Å². The van der Waals surface area contributed by atoms with E-state index in [2.05, 4.69) is 16.0 Å². The van der Waals surface area contributed by atoms with Crippen LogP contribution < -0.4 is 5.73 Å². The molecule has 0 atom stereocenters. The van der Waals surface area contributed by atoms with Gasteiger partial charge in [0.15, 0.2) is 5.16 Å². The number of thioether (sulfide) groups is 1. The van der Waals surface area contributed by atoms with Crippen molar-refractivity contribution in [1.29, 1.82) is 0 Å². The fourth-order valence-corrected chi connectivity index (χ4v) is 1.06. The summed E-state index contributed by atoms with van der Waals surface area (Å²) in [5, 5.41) is 0.721. The van der Waals surface area contributed by atoms with Crippen LogP contribution in [-0.4, -0.2) is 15.7 Å². The molecule has 0 unspecified atom stereocenters. The minimum absolute atomic E-state index is 0.408. The van der Waals surface area contributed by atoms with E-state index in [1.165, 1.54) is 0 Å². The molecule has 1 aromatic rings. The average molecular weight is 154 g/mol. The number of nitrogens with two attached hydrogens (primary N) is 1. The van der Waals surface area contributed by atoms with Crippen LogP contribution in [0.15, 0.2) is 11.4 Å². The summed E-state index contributed by atoms with van der Waals surface area (Å²) >= 11 is 1.57. The van der Waals surface area contributed by atoms with Gasteiger partial charge in [0, 0.05) is 12.3 Å². The molecule has 10 heavy (non-hydrogen) atoms. The quantitative estimate of drug-likeness (QED) is 0.509. The SMILES string of the molecule is CCSc1nc[c]c(N)n1. The Labute approximate surface area is 64.1 Å². The summed E-state index contributed by atoms with van der Waals surface area (Å²) in [5.74, 6) is 1.37. The monoisotopic (exact) mass is 154 g/mol. The molecule has 1 aromatic heterocycles. The first kappa shape index (κ1) is 7.34. The van der Waals surface area contributed by atoms with E-state index in [9.17, 15) is 0 Å². The molecule has 2 N–H and O–H groups in total. The van der Waals surface area contributed by atoms with E-state index in [1.807, 2.05) is 6.92 Å². The van der Waals surface area contributed by atoms with Crippen LogP contribution in [-0.2, 0) is 0 Å². The molecule has 0 bridgehead atoms. The third-order valence-electron chi connectivity index (χ3n) is 0.877. The smallest absolute Gasteiger partial charge is 0.189 e. The highest BCUT2D eigenvalue weighted by molar-refractivity contribution is 7.99. The average Bonchev–Trinajstić information content (AvgIpc) is 1.88. The molecule has 1 heterocycles. The summed E-state index contributed by atoms with van der Waals surface area (Å²) in [4.78, 5) is 7.88. The van der Waals surface area contributed by atoms with E-state index in [-0.39, 0.29) is 0 Å². The zero-order chi connectivity index (χ0) is 7.40. The third kappa shape index (κ3) is 1.88. The number of hydrogen-bond acceptors (Lipinski definition) is 4. The zero-order valence-corrected chi connectivity index (χ0v) is 6.48. The zero-order valence-electron chi connectivity index (χ0n) is 5.66. The van der Waals surface area contributed by atoms with Crippen molar-refractivity contribution in [3.63, 3.8) is 0 Å². The fraction of sp³-hybridized carbons (Fsp3) is 0.333. The van der Waals surface area contributed by atoms with Crippen LogP contribution in [0.5, 0.6) is 0 Å². The molecular weight excluding hydrogens is 146 g/mol. The predicted octanol–water partition coefficient (Wildman–Crippen LogP) is 0.971. The summed E-state index contributed by atoms with van der Waals surface area (Å²) in [7, 11) is 0. The lowest BCUT2D eigenvalue weighted by molar-refractivity contribution is 0.974. The molecule has 3 nitrogen and oxygen atoms in total. The van der Waals surface area contributed by atoms with Crippen molar-refractivity contribution >= 4 is 17.6 Å². The van der Waals surface area contributed by atoms with Crippen LogP contribution >= 0.6 is 11.8 Å². The second-order valence-electron chi connectivity index (χ2n) is 1.62. The summed E-state index contributed by atoms with van der Waals surface area (Å²) < 4.78 is 0. The molecule has 53 valence electrons. The number of aromatic nitrogens is 2. The summed E-state index contributed by atoms with van der Waals surface area (Å²) in [5.41, 5.74) is 5.37. The molecule has 4 heteroatoms. The molecule has 0 saturated carbocycles. The summed E-state index contributed by atoms with van der Waals surface area (Å²) in [6.07, 6.45) is 1.54. The molecule has 0 aliphatic carbocycles. The van der Waals surface area contributed by atoms with Gasteiger partial charge < -0.3 is 5.73 Å². The highest BCUT2D eigenvalue weighted by atomic mass is 32.2. The van der Waals surface area contributed by atoms with Crippen molar-refractivity contribution in [2.75, 3.05) is 11.5 Å². The minimum atomic E-state index is 0.408. The summed E-state index contributed by atoms with van der Waals surface area (Å²) in [6.45, 7) is 2.04. The van der Waals surface area contributed by atoms with E-state index < -0.39 is 0 Å². The third-order valence-corrected chi connectivity index (χ3v) is 1.62. The van der Waals surface area contributed by atoms with Gasteiger partial charge >= 0.3 is 0 Å². The van der Waals surface area contributed by atoms with Crippen molar-refractivity contribution < 1.29 is 0 Å². The lowest BCUT2D eigenvalue weighted by atomic mass is 10.6. The van der Waals surface area contributed by atoms with Crippen molar-refractivity contribution in [2.24, 2.45) is 0 Å². The van der Waals surface area contributed by atoms with Gasteiger partial charge in [0.2, 0.25) is 0 Å². The van der Waals surface area contributed by atoms with Gasteiger partial charge in [-0.2, -0.15) is 0 Å². The van der Waals surface area contributed by atoms with Crippen molar-refractivity contribution in [3.05, 3.63) is 12.3 Å². The lowest BCUT2D eigenvalue weighted by Crippen LogP contribution is -1.93. The van der Waals surface area contributed by atoms with Crippen LogP contribution in [0.3, 0.4) is 0 Å². The van der Waals surface area contributed by atoms with E-state index >= 15 is 0 Å². The van der Waals surface area contributed by atoms with Gasteiger partial charge in [-0.05, 0) is 5.75 Å². The van der Waals surface area contributed by atoms with E-state index in [4.69, 9.17) is 5.73 Å². The van der Waals surface area contributed by atoms with Crippen molar-refractivity contribution in [2.45, 2.75) is 12.1 Å². The number of anilines is 1. The van der Waals surface area contributed by atoms with Crippen LogP contribution in [0.2, 0.25) is 0 Å². The van der Waals surface area contributed by atoms with Gasteiger partial charge in [0.25, 0.3) is 0 Å². The maximum Gasteiger partial charge on any atom is 0.189 e. The fourth-order valence-electron chi connectivity index (χ4n) is 0.516. The molecule has 0 amide bonds. The van der Waals surface area contributed by atoms with Gasteiger partial charge in [-0.3, -0.25) is 0 Å². The maximum atomic E-state index is 5.37. The standard InChI is InChI=1S/C6H8N3S/c1-2-10-6-8-4-3-5(7)9-6/h4H,2H2,1H3,(H2,7,8,9). The topological polar surface area (TPSA) is 51.8 Å². The normalized spacial score (nSPS) is 9.70. The second-order valence-corrected chi connectivity index (χ2v) is 2.85. The predicted molar refractivity (Wildman–Crippen MR) is 41.7 cm³/mol. The van der Waals surface area contributed by atoms with Crippen LogP contribution in [0.25, 0.3) is 0 Å². The van der Waals surface area contributed by atoms with Crippen LogP contribution in [0.1, 0.15) is 6.92 Å². The number of nitrogens with zero attached hydrogens (tertiary/aromatic N) is 2. The lowest BCUT2D eigenvalue weighted by Gasteiger charge is -1.94. The Morgan fingerprint density at radius 1 is 1.80 bits per heavy atom. The largest absolute Gasteiger partial charge is 0.383 e. The first-order valence-corrected chi connectivity index (χ1v) is 3.94. The molecule has 0 aliphatic rings. The molecule has 0 aromatic carbocycles. The Hall–Kier alpha value is -0.770. The Morgan fingerprint density at radius 3 is 3.20 bits per heavy atom. The first-order valence-electron chi connectivity index (χ1n) is 2.96.